The Hall–Kier alpha value is -1.94. The van der Waals surface area contributed by atoms with Crippen LogP contribution in [0.4, 0.5) is 5.69 Å². The van der Waals surface area contributed by atoms with Gasteiger partial charge in [0.05, 0.1) is 24.7 Å². The third kappa shape index (κ3) is 2.71. The number of anilines is 1. The van der Waals surface area contributed by atoms with Gasteiger partial charge in [-0.2, -0.15) is 0 Å². The predicted molar refractivity (Wildman–Crippen MR) is 110 cm³/mol. The minimum atomic E-state index is 0.236. The molecule has 0 bridgehead atoms. The van der Waals surface area contributed by atoms with Crippen LogP contribution in [0.2, 0.25) is 0 Å². The van der Waals surface area contributed by atoms with Crippen LogP contribution in [0.5, 0.6) is 11.5 Å². The van der Waals surface area contributed by atoms with Crippen LogP contribution in [-0.2, 0) is 0 Å². The molecule has 136 valence electrons. The van der Waals surface area contributed by atoms with E-state index in [1.807, 2.05) is 0 Å². The molecular formula is C22H24BrNO2. The van der Waals surface area contributed by atoms with Crippen LogP contribution in [0.3, 0.4) is 0 Å². The van der Waals surface area contributed by atoms with Gasteiger partial charge in [0.2, 0.25) is 0 Å². The van der Waals surface area contributed by atoms with Crippen LogP contribution in [0.15, 0.2) is 40.9 Å². The zero-order valence-electron chi connectivity index (χ0n) is 15.6. The summed E-state index contributed by atoms with van der Waals surface area (Å²) in [7, 11) is 3.35. The highest BCUT2D eigenvalue weighted by molar-refractivity contribution is 9.10. The molecular weight excluding hydrogens is 390 g/mol. The smallest absolute Gasteiger partial charge is 0.174 e. The van der Waals surface area contributed by atoms with Crippen LogP contribution < -0.4 is 14.8 Å². The molecule has 0 radical (unpaired) electrons. The number of benzene rings is 2. The molecule has 3 atom stereocenters. The number of hydrogen-bond acceptors (Lipinski definition) is 3. The summed E-state index contributed by atoms with van der Waals surface area (Å²) in [4.78, 5) is 0. The van der Waals surface area contributed by atoms with E-state index < -0.39 is 0 Å². The predicted octanol–water partition coefficient (Wildman–Crippen LogP) is 5.91. The van der Waals surface area contributed by atoms with Gasteiger partial charge in [0.1, 0.15) is 0 Å². The average Bonchev–Trinajstić information content (AvgIpc) is 3.09. The normalized spacial score (nSPS) is 23.2. The van der Waals surface area contributed by atoms with E-state index in [-0.39, 0.29) is 6.04 Å². The minimum absolute atomic E-state index is 0.236. The first-order chi connectivity index (χ1) is 12.5. The lowest BCUT2D eigenvalue weighted by Gasteiger charge is -2.39. The summed E-state index contributed by atoms with van der Waals surface area (Å²) in [5, 5.41) is 3.83. The summed E-state index contributed by atoms with van der Waals surface area (Å²) >= 11 is 3.64. The second-order valence-corrected chi connectivity index (χ2v) is 8.11. The average molecular weight is 414 g/mol. The molecule has 1 N–H and O–H groups in total. The molecule has 2 aromatic rings. The Morgan fingerprint density at radius 1 is 1.08 bits per heavy atom. The van der Waals surface area contributed by atoms with Gasteiger partial charge in [-0.05, 0) is 82.6 Å². The number of allylic oxidation sites excluding steroid dienone is 2. The van der Waals surface area contributed by atoms with Crippen molar-refractivity contribution in [2.24, 2.45) is 5.92 Å². The number of fused-ring (bicyclic) bond motifs is 3. The molecule has 0 fully saturated rings. The lowest BCUT2D eigenvalue weighted by atomic mass is 9.75. The van der Waals surface area contributed by atoms with Crippen LogP contribution in [0.25, 0.3) is 0 Å². The minimum Gasteiger partial charge on any atom is -0.493 e. The standard InChI is InChI=1S/C22H24BrNO2/c1-12-8-13(2)20-15-6-5-7-16(15)21(24-18(20)9-12)14-10-17(23)22(26-4)19(11-14)25-3/h5-6,8-11,15-16,21,24H,7H2,1-4H3/t15-,16+,21+/m1/s1. The summed E-state index contributed by atoms with van der Waals surface area (Å²) < 4.78 is 12.0. The number of rotatable bonds is 3. The van der Waals surface area contributed by atoms with Gasteiger partial charge in [0.25, 0.3) is 0 Å². The molecule has 2 aromatic carbocycles. The maximum atomic E-state index is 5.57. The highest BCUT2D eigenvalue weighted by Crippen LogP contribution is 2.52. The number of methoxy groups -OCH3 is 2. The van der Waals surface area contributed by atoms with E-state index in [0.717, 1.165) is 22.4 Å². The van der Waals surface area contributed by atoms with Crippen molar-refractivity contribution < 1.29 is 9.47 Å². The van der Waals surface area contributed by atoms with E-state index in [1.165, 1.54) is 27.9 Å². The fourth-order valence-electron chi connectivity index (χ4n) is 4.59. The Morgan fingerprint density at radius 2 is 1.88 bits per heavy atom. The first kappa shape index (κ1) is 17.5. The van der Waals surface area contributed by atoms with E-state index in [2.05, 4.69) is 71.5 Å². The fourth-order valence-corrected chi connectivity index (χ4v) is 5.21. The Morgan fingerprint density at radius 3 is 2.62 bits per heavy atom. The van der Waals surface area contributed by atoms with E-state index in [4.69, 9.17) is 9.47 Å². The van der Waals surface area contributed by atoms with Gasteiger partial charge in [0.15, 0.2) is 11.5 Å². The van der Waals surface area contributed by atoms with Crippen molar-refractivity contribution in [1.29, 1.82) is 0 Å². The third-order valence-corrected chi connectivity index (χ3v) is 6.22. The quantitative estimate of drug-likeness (QED) is 0.634. The summed E-state index contributed by atoms with van der Waals surface area (Å²) in [6, 6.07) is 9.05. The van der Waals surface area contributed by atoms with Crippen LogP contribution >= 0.6 is 15.9 Å². The van der Waals surface area contributed by atoms with E-state index in [1.54, 1.807) is 14.2 Å². The second-order valence-electron chi connectivity index (χ2n) is 7.26. The van der Waals surface area contributed by atoms with Gasteiger partial charge >= 0.3 is 0 Å². The fraction of sp³-hybridized carbons (Fsp3) is 0.364. The van der Waals surface area contributed by atoms with E-state index >= 15 is 0 Å². The maximum Gasteiger partial charge on any atom is 0.174 e. The van der Waals surface area contributed by atoms with Gasteiger partial charge < -0.3 is 14.8 Å². The van der Waals surface area contributed by atoms with E-state index in [9.17, 15) is 0 Å². The Labute approximate surface area is 163 Å². The summed E-state index contributed by atoms with van der Waals surface area (Å²) in [5.74, 6) is 2.46. The molecule has 4 rings (SSSR count). The van der Waals surface area contributed by atoms with Gasteiger partial charge in [-0.15, -0.1) is 0 Å². The molecule has 0 aromatic heterocycles. The highest BCUT2D eigenvalue weighted by Gasteiger charge is 2.39. The van der Waals surface area contributed by atoms with Crippen molar-refractivity contribution in [3.63, 3.8) is 0 Å². The third-order valence-electron chi connectivity index (χ3n) is 5.63. The summed E-state index contributed by atoms with van der Waals surface area (Å²) in [6.07, 6.45) is 5.80. The Bertz CT molecular complexity index is 890. The second kappa shape index (κ2) is 6.66. The van der Waals surface area contributed by atoms with Gasteiger partial charge in [-0.3, -0.25) is 0 Å². The van der Waals surface area contributed by atoms with Crippen LogP contribution in [0, 0.1) is 19.8 Å². The van der Waals surface area contributed by atoms with Crippen molar-refractivity contribution in [2.75, 3.05) is 19.5 Å². The molecule has 1 aliphatic heterocycles. The maximum absolute atomic E-state index is 5.57. The molecule has 0 amide bonds. The molecule has 0 saturated carbocycles. The first-order valence-corrected chi connectivity index (χ1v) is 9.78. The number of nitrogens with one attached hydrogen (secondary N) is 1. The molecule has 1 heterocycles. The SMILES string of the molecule is COc1cc([C@@H]2Nc3cc(C)cc(C)c3[C@@H]3C=CC[C@@H]32)cc(Br)c1OC. The molecule has 4 heteroatoms. The van der Waals surface area contributed by atoms with Crippen molar-refractivity contribution in [3.05, 3.63) is 63.1 Å². The number of ether oxygens (including phenoxy) is 2. The summed E-state index contributed by atoms with van der Waals surface area (Å²) in [6.45, 7) is 4.39. The molecule has 2 aliphatic rings. The van der Waals surface area contributed by atoms with Crippen LogP contribution in [-0.4, -0.2) is 14.2 Å². The lowest BCUT2D eigenvalue weighted by Crippen LogP contribution is -2.29. The number of halogens is 1. The molecule has 26 heavy (non-hydrogen) atoms. The molecule has 3 nitrogen and oxygen atoms in total. The zero-order chi connectivity index (χ0) is 18.4. The van der Waals surface area contributed by atoms with Crippen molar-refractivity contribution >= 4 is 21.6 Å². The largest absolute Gasteiger partial charge is 0.493 e. The van der Waals surface area contributed by atoms with Crippen molar-refractivity contribution in [3.8, 4) is 11.5 Å². The Balaban J connectivity index is 1.82. The molecule has 0 saturated heterocycles. The highest BCUT2D eigenvalue weighted by atomic mass is 79.9. The topological polar surface area (TPSA) is 30.5 Å². The molecule has 0 spiro atoms. The number of aryl methyl sites for hydroxylation is 2. The van der Waals surface area contributed by atoms with Crippen LogP contribution in [0.1, 0.15) is 40.6 Å². The lowest BCUT2D eigenvalue weighted by molar-refractivity contribution is 0.351. The monoisotopic (exact) mass is 413 g/mol. The van der Waals surface area contributed by atoms with Crippen molar-refractivity contribution in [1.82, 2.24) is 0 Å². The van der Waals surface area contributed by atoms with Gasteiger partial charge in [0, 0.05) is 11.6 Å². The van der Waals surface area contributed by atoms with E-state index in [0.29, 0.717) is 11.8 Å². The first-order valence-electron chi connectivity index (χ1n) is 8.99. The summed E-state index contributed by atoms with van der Waals surface area (Å²) in [5.41, 5.74) is 6.59. The van der Waals surface area contributed by atoms with Gasteiger partial charge in [-0.1, -0.05) is 18.2 Å². The zero-order valence-corrected chi connectivity index (χ0v) is 17.2. The Kier molecular flexibility index (Phi) is 4.47. The number of hydrogen-bond donors (Lipinski definition) is 1. The van der Waals surface area contributed by atoms with Crippen molar-refractivity contribution in [2.45, 2.75) is 32.2 Å². The molecule has 0 unspecified atom stereocenters. The van der Waals surface area contributed by atoms with Gasteiger partial charge in [-0.25, -0.2) is 0 Å². The molecule has 1 aliphatic carbocycles.